The van der Waals surface area contributed by atoms with Crippen LogP contribution in [-0.2, 0) is 16.4 Å². The third kappa shape index (κ3) is 3.24. The molecule has 1 aromatic rings. The van der Waals surface area contributed by atoms with Crippen molar-refractivity contribution in [2.75, 3.05) is 18.8 Å². The van der Waals surface area contributed by atoms with Gasteiger partial charge in [-0.05, 0) is 30.5 Å². The molecule has 1 aromatic heterocycles. The van der Waals surface area contributed by atoms with E-state index in [2.05, 4.69) is 4.98 Å². The normalized spacial score (nSPS) is 21.8. The van der Waals surface area contributed by atoms with Crippen LogP contribution in [0.4, 0.5) is 0 Å². The van der Waals surface area contributed by atoms with Gasteiger partial charge in [0.05, 0.1) is 5.75 Å². The second kappa shape index (κ2) is 5.12. The highest BCUT2D eigenvalue weighted by atomic mass is 32.2. The van der Waals surface area contributed by atoms with Gasteiger partial charge in [0.15, 0.2) is 0 Å². The molecule has 0 aliphatic carbocycles. The molecule has 2 heterocycles. The Hall–Kier alpha value is -0.980. The van der Waals surface area contributed by atoms with Crippen LogP contribution < -0.4 is 5.73 Å². The van der Waals surface area contributed by atoms with Gasteiger partial charge >= 0.3 is 0 Å². The van der Waals surface area contributed by atoms with E-state index in [1.54, 1.807) is 12.4 Å². The Labute approximate surface area is 102 Å². The fraction of sp³-hybridized carbons (Fsp3) is 0.545. The molecule has 0 aromatic carbocycles. The Morgan fingerprint density at radius 3 is 2.71 bits per heavy atom. The summed E-state index contributed by atoms with van der Waals surface area (Å²) >= 11 is 0. The first-order chi connectivity index (χ1) is 8.08. The molecular weight excluding hydrogens is 238 g/mol. The van der Waals surface area contributed by atoms with Crippen molar-refractivity contribution in [3.05, 3.63) is 30.1 Å². The predicted molar refractivity (Wildman–Crippen MR) is 65.9 cm³/mol. The molecule has 1 aliphatic heterocycles. The van der Waals surface area contributed by atoms with E-state index in [1.165, 1.54) is 4.31 Å². The van der Waals surface area contributed by atoms with E-state index in [0.717, 1.165) is 12.0 Å². The van der Waals surface area contributed by atoms with Gasteiger partial charge in [0.1, 0.15) is 0 Å². The molecule has 6 heteroatoms. The number of hydrogen-bond acceptors (Lipinski definition) is 4. The number of aryl methyl sites for hydroxylation is 1. The molecule has 1 saturated heterocycles. The van der Waals surface area contributed by atoms with Crippen molar-refractivity contribution in [2.24, 2.45) is 5.73 Å². The van der Waals surface area contributed by atoms with Crippen molar-refractivity contribution in [3.63, 3.8) is 0 Å². The van der Waals surface area contributed by atoms with Crippen LogP contribution in [0.15, 0.2) is 24.5 Å². The molecule has 17 heavy (non-hydrogen) atoms. The van der Waals surface area contributed by atoms with Crippen LogP contribution in [0.25, 0.3) is 0 Å². The average Bonchev–Trinajstić information content (AvgIpc) is 2.76. The number of pyridine rings is 1. The quantitative estimate of drug-likeness (QED) is 0.821. The van der Waals surface area contributed by atoms with E-state index in [4.69, 9.17) is 5.73 Å². The zero-order chi connectivity index (χ0) is 12.3. The Bertz CT molecular complexity index is 461. The molecule has 1 aliphatic rings. The van der Waals surface area contributed by atoms with Crippen LogP contribution in [0.3, 0.4) is 0 Å². The molecule has 1 atom stereocenters. The molecule has 2 N–H and O–H groups in total. The first kappa shape index (κ1) is 12.5. The minimum absolute atomic E-state index is 0.00861. The zero-order valence-corrected chi connectivity index (χ0v) is 10.4. The number of aromatic nitrogens is 1. The van der Waals surface area contributed by atoms with E-state index in [0.29, 0.717) is 19.5 Å². The van der Waals surface area contributed by atoms with E-state index in [9.17, 15) is 8.42 Å². The van der Waals surface area contributed by atoms with Crippen molar-refractivity contribution in [3.8, 4) is 0 Å². The maximum atomic E-state index is 12.0. The second-order valence-electron chi connectivity index (χ2n) is 4.33. The fourth-order valence-corrected chi connectivity index (χ4v) is 3.49. The molecule has 0 radical (unpaired) electrons. The van der Waals surface area contributed by atoms with Crippen molar-refractivity contribution in [1.29, 1.82) is 0 Å². The number of sulfonamides is 1. The summed E-state index contributed by atoms with van der Waals surface area (Å²) in [6.45, 7) is 1.01. The van der Waals surface area contributed by atoms with Gasteiger partial charge in [-0.1, -0.05) is 0 Å². The summed E-state index contributed by atoms with van der Waals surface area (Å²) in [5, 5.41) is 0. The SMILES string of the molecule is NC1CCN(S(=O)(=O)CCc2ccncc2)C1. The van der Waals surface area contributed by atoms with Gasteiger partial charge in [-0.3, -0.25) is 4.98 Å². The Kier molecular flexibility index (Phi) is 3.76. The molecule has 0 bridgehead atoms. The minimum Gasteiger partial charge on any atom is -0.326 e. The van der Waals surface area contributed by atoms with Crippen LogP contribution >= 0.6 is 0 Å². The summed E-state index contributed by atoms with van der Waals surface area (Å²) < 4.78 is 25.5. The Morgan fingerprint density at radius 2 is 2.12 bits per heavy atom. The highest BCUT2D eigenvalue weighted by Gasteiger charge is 2.28. The summed E-state index contributed by atoms with van der Waals surface area (Å²) in [5.74, 6) is 0.143. The van der Waals surface area contributed by atoms with Gasteiger partial charge < -0.3 is 5.73 Å². The Morgan fingerprint density at radius 1 is 1.41 bits per heavy atom. The summed E-state index contributed by atoms with van der Waals surface area (Å²) in [4.78, 5) is 3.90. The summed E-state index contributed by atoms with van der Waals surface area (Å²) in [7, 11) is -3.16. The first-order valence-electron chi connectivity index (χ1n) is 5.70. The number of nitrogens with two attached hydrogens (primary N) is 1. The van der Waals surface area contributed by atoms with Crippen molar-refractivity contribution >= 4 is 10.0 Å². The van der Waals surface area contributed by atoms with E-state index < -0.39 is 10.0 Å². The molecule has 0 spiro atoms. The van der Waals surface area contributed by atoms with E-state index in [1.807, 2.05) is 12.1 Å². The molecule has 5 nitrogen and oxygen atoms in total. The van der Waals surface area contributed by atoms with Crippen LogP contribution in [0, 0.1) is 0 Å². The largest absolute Gasteiger partial charge is 0.326 e. The van der Waals surface area contributed by atoms with Gasteiger partial charge in [-0.25, -0.2) is 12.7 Å². The van der Waals surface area contributed by atoms with Gasteiger partial charge in [0.2, 0.25) is 10.0 Å². The summed E-state index contributed by atoms with van der Waals surface area (Å²) in [5.41, 5.74) is 6.71. The van der Waals surface area contributed by atoms with Crippen molar-refractivity contribution in [1.82, 2.24) is 9.29 Å². The first-order valence-corrected chi connectivity index (χ1v) is 7.31. The highest BCUT2D eigenvalue weighted by molar-refractivity contribution is 7.89. The van der Waals surface area contributed by atoms with Gasteiger partial charge in [-0.15, -0.1) is 0 Å². The summed E-state index contributed by atoms with van der Waals surface area (Å²) in [6.07, 6.45) is 4.63. The van der Waals surface area contributed by atoms with Gasteiger partial charge in [0, 0.05) is 31.5 Å². The number of hydrogen-bond donors (Lipinski definition) is 1. The maximum Gasteiger partial charge on any atom is 0.214 e. The lowest BCUT2D eigenvalue weighted by atomic mass is 10.2. The molecular formula is C11H17N3O2S. The second-order valence-corrected chi connectivity index (χ2v) is 6.42. The van der Waals surface area contributed by atoms with Crippen LogP contribution in [0.5, 0.6) is 0 Å². The van der Waals surface area contributed by atoms with Gasteiger partial charge in [-0.2, -0.15) is 0 Å². The standard InChI is InChI=1S/C11H17N3O2S/c12-11-3-7-14(9-11)17(15,16)8-4-10-1-5-13-6-2-10/h1-2,5-6,11H,3-4,7-9,12H2. The third-order valence-corrected chi connectivity index (χ3v) is 4.82. The van der Waals surface area contributed by atoms with Crippen molar-refractivity contribution in [2.45, 2.75) is 18.9 Å². The monoisotopic (exact) mass is 255 g/mol. The smallest absolute Gasteiger partial charge is 0.214 e. The van der Waals surface area contributed by atoms with Crippen LogP contribution in [-0.4, -0.2) is 42.6 Å². The maximum absolute atomic E-state index is 12.0. The van der Waals surface area contributed by atoms with E-state index in [-0.39, 0.29) is 11.8 Å². The number of nitrogens with zero attached hydrogens (tertiary/aromatic N) is 2. The lowest BCUT2D eigenvalue weighted by Crippen LogP contribution is -2.34. The molecule has 2 rings (SSSR count). The average molecular weight is 255 g/mol. The molecule has 0 amide bonds. The topological polar surface area (TPSA) is 76.3 Å². The molecule has 1 unspecified atom stereocenters. The Balaban J connectivity index is 1.94. The van der Waals surface area contributed by atoms with Crippen molar-refractivity contribution < 1.29 is 8.42 Å². The molecule has 94 valence electrons. The number of rotatable bonds is 4. The highest BCUT2D eigenvalue weighted by Crippen LogP contribution is 2.13. The van der Waals surface area contributed by atoms with Gasteiger partial charge in [0.25, 0.3) is 0 Å². The zero-order valence-electron chi connectivity index (χ0n) is 9.62. The minimum atomic E-state index is -3.16. The van der Waals surface area contributed by atoms with E-state index >= 15 is 0 Å². The predicted octanol–water partition coefficient (Wildman–Crippen LogP) is -0.0131. The molecule has 1 fully saturated rings. The summed E-state index contributed by atoms with van der Waals surface area (Å²) in [6, 6.07) is 3.67. The molecule has 0 saturated carbocycles. The van der Waals surface area contributed by atoms with Crippen LogP contribution in [0.1, 0.15) is 12.0 Å². The van der Waals surface area contributed by atoms with Crippen LogP contribution in [0.2, 0.25) is 0 Å². The lowest BCUT2D eigenvalue weighted by molar-refractivity contribution is 0.472. The lowest BCUT2D eigenvalue weighted by Gasteiger charge is -2.15. The fourth-order valence-electron chi connectivity index (χ4n) is 1.93. The third-order valence-electron chi connectivity index (χ3n) is 2.98.